The van der Waals surface area contributed by atoms with E-state index in [1.54, 1.807) is 0 Å². The summed E-state index contributed by atoms with van der Waals surface area (Å²) in [5.74, 6) is 0.943. The van der Waals surface area contributed by atoms with Crippen LogP contribution >= 0.6 is 0 Å². The number of aryl methyl sites for hydroxylation is 1. The fraction of sp³-hybridized carbons (Fsp3) is 0.0217. The minimum absolute atomic E-state index is 0.943. The van der Waals surface area contributed by atoms with Crippen LogP contribution in [0.25, 0.3) is 83.0 Å². The minimum atomic E-state index is 0.943. The second-order valence-corrected chi connectivity index (χ2v) is 12.5. The van der Waals surface area contributed by atoms with Crippen LogP contribution in [-0.2, 0) is 0 Å². The first-order chi connectivity index (χ1) is 23.7. The molecule has 0 aliphatic rings. The van der Waals surface area contributed by atoms with Crippen molar-refractivity contribution in [1.29, 1.82) is 0 Å². The van der Waals surface area contributed by atoms with E-state index in [0.717, 1.165) is 28.1 Å². The molecule has 2 heteroatoms. The van der Waals surface area contributed by atoms with E-state index < -0.39 is 0 Å². The molecule has 48 heavy (non-hydrogen) atoms. The first-order valence-electron chi connectivity index (χ1n) is 16.5. The van der Waals surface area contributed by atoms with Gasteiger partial charge in [-0.25, -0.2) is 4.98 Å². The van der Waals surface area contributed by atoms with Gasteiger partial charge in [-0.05, 0) is 92.2 Å². The lowest BCUT2D eigenvalue weighted by molar-refractivity contribution is 1.10. The fourth-order valence-electron chi connectivity index (χ4n) is 7.22. The van der Waals surface area contributed by atoms with Crippen LogP contribution in [0.5, 0.6) is 0 Å². The van der Waals surface area contributed by atoms with E-state index in [4.69, 9.17) is 4.98 Å². The van der Waals surface area contributed by atoms with Crippen molar-refractivity contribution in [1.82, 2.24) is 9.55 Å². The Hall–Kier alpha value is -6.25. The van der Waals surface area contributed by atoms with E-state index in [-0.39, 0.29) is 0 Å². The second kappa shape index (κ2) is 11.5. The summed E-state index contributed by atoms with van der Waals surface area (Å²) < 4.78 is 2.27. The van der Waals surface area contributed by atoms with Gasteiger partial charge >= 0.3 is 0 Å². The first kappa shape index (κ1) is 28.0. The molecule has 0 atom stereocenters. The smallest absolute Gasteiger partial charge is 0.145 e. The Morgan fingerprint density at radius 3 is 1.56 bits per heavy atom. The number of hydrogen-bond acceptors (Lipinski definition) is 1. The molecule has 0 saturated carbocycles. The summed E-state index contributed by atoms with van der Waals surface area (Å²) in [6, 6.07) is 63.3. The van der Waals surface area contributed by atoms with Gasteiger partial charge in [0.1, 0.15) is 5.82 Å². The van der Waals surface area contributed by atoms with Crippen molar-refractivity contribution in [3.63, 3.8) is 0 Å². The van der Waals surface area contributed by atoms with Crippen molar-refractivity contribution in [2.45, 2.75) is 6.92 Å². The maximum Gasteiger partial charge on any atom is 0.145 e. The summed E-state index contributed by atoms with van der Waals surface area (Å²) in [4.78, 5) is 5.04. The lowest BCUT2D eigenvalue weighted by Crippen LogP contribution is -1.97. The van der Waals surface area contributed by atoms with E-state index >= 15 is 0 Å². The molecule has 0 amide bonds. The monoisotopic (exact) mass is 612 g/mol. The molecule has 0 spiro atoms. The number of nitrogens with zero attached hydrogens (tertiary/aromatic N) is 2. The van der Waals surface area contributed by atoms with Crippen molar-refractivity contribution in [2.24, 2.45) is 0 Å². The molecule has 226 valence electrons. The average molecular weight is 613 g/mol. The van der Waals surface area contributed by atoms with Crippen molar-refractivity contribution < 1.29 is 0 Å². The second-order valence-electron chi connectivity index (χ2n) is 12.5. The summed E-state index contributed by atoms with van der Waals surface area (Å²) in [5.41, 5.74) is 12.9. The highest BCUT2D eigenvalue weighted by Gasteiger charge is 2.18. The topological polar surface area (TPSA) is 17.8 Å². The van der Waals surface area contributed by atoms with Gasteiger partial charge < -0.3 is 0 Å². The third-order valence-electron chi connectivity index (χ3n) is 9.45. The molecule has 0 bridgehead atoms. The van der Waals surface area contributed by atoms with Gasteiger partial charge in [-0.3, -0.25) is 4.57 Å². The van der Waals surface area contributed by atoms with E-state index in [9.17, 15) is 0 Å². The zero-order valence-electron chi connectivity index (χ0n) is 26.6. The van der Waals surface area contributed by atoms with Crippen molar-refractivity contribution in [2.75, 3.05) is 0 Å². The maximum atomic E-state index is 5.04. The Morgan fingerprint density at radius 1 is 0.396 bits per heavy atom. The van der Waals surface area contributed by atoms with Crippen LogP contribution in [0.2, 0.25) is 0 Å². The van der Waals surface area contributed by atoms with E-state index in [1.165, 1.54) is 60.5 Å². The number of rotatable bonds is 5. The molecule has 1 aromatic heterocycles. The predicted molar refractivity (Wildman–Crippen MR) is 203 cm³/mol. The van der Waals surface area contributed by atoms with Crippen LogP contribution in [0.3, 0.4) is 0 Å². The quantitative estimate of drug-likeness (QED) is 0.177. The summed E-state index contributed by atoms with van der Waals surface area (Å²) in [7, 11) is 0. The number of hydrogen-bond donors (Lipinski definition) is 0. The zero-order chi connectivity index (χ0) is 32.0. The van der Waals surface area contributed by atoms with Gasteiger partial charge in [-0.2, -0.15) is 0 Å². The van der Waals surface area contributed by atoms with Crippen molar-refractivity contribution in [3.8, 4) is 50.5 Å². The first-order valence-corrected chi connectivity index (χ1v) is 16.5. The molecule has 8 aromatic carbocycles. The van der Waals surface area contributed by atoms with E-state index in [0.29, 0.717) is 0 Å². The molecular weight excluding hydrogens is 581 g/mol. The van der Waals surface area contributed by atoms with Crippen LogP contribution < -0.4 is 0 Å². The molecule has 9 rings (SSSR count). The van der Waals surface area contributed by atoms with Gasteiger partial charge in [0, 0.05) is 11.3 Å². The van der Waals surface area contributed by atoms with E-state index in [2.05, 4.69) is 181 Å². The molecule has 0 radical (unpaired) electrons. The molecular formula is C46H32N2. The number of imidazole rings is 1. The van der Waals surface area contributed by atoms with Crippen LogP contribution in [0.4, 0.5) is 0 Å². The Kier molecular flexibility index (Phi) is 6.72. The summed E-state index contributed by atoms with van der Waals surface area (Å²) in [6.07, 6.45) is 0. The Balaban J connectivity index is 1.25. The molecule has 0 saturated heterocycles. The van der Waals surface area contributed by atoms with Gasteiger partial charge in [0.15, 0.2) is 0 Å². The van der Waals surface area contributed by atoms with Gasteiger partial charge in [0.2, 0.25) is 0 Å². The lowest BCUT2D eigenvalue weighted by Gasteiger charge is -2.19. The third kappa shape index (κ3) is 4.70. The van der Waals surface area contributed by atoms with E-state index in [1.807, 2.05) is 6.07 Å². The fourth-order valence-corrected chi connectivity index (χ4v) is 7.22. The zero-order valence-corrected chi connectivity index (χ0v) is 26.6. The third-order valence-corrected chi connectivity index (χ3v) is 9.45. The standard InChI is InChI=1S/C46H32N2/c1-31-21-27-38-40(29-31)44(33-13-5-2-6-14-33)39-28-24-36(30-41(39)45(38)34-15-7-3-8-16-34)32-22-25-37(26-23-32)48-43-20-12-11-19-42(43)47-46(48)35-17-9-4-10-18-35/h2-30H,1H3. The van der Waals surface area contributed by atoms with Gasteiger partial charge in [0.05, 0.1) is 11.0 Å². The van der Waals surface area contributed by atoms with Crippen LogP contribution in [0.15, 0.2) is 176 Å². The number of benzene rings is 8. The molecule has 0 aliphatic heterocycles. The lowest BCUT2D eigenvalue weighted by atomic mass is 9.84. The maximum absolute atomic E-state index is 5.04. The Labute approximate surface area is 280 Å². The highest BCUT2D eigenvalue weighted by Crippen LogP contribution is 2.45. The van der Waals surface area contributed by atoms with Crippen molar-refractivity contribution in [3.05, 3.63) is 181 Å². The largest absolute Gasteiger partial charge is 0.292 e. The molecule has 2 nitrogen and oxygen atoms in total. The Bertz CT molecular complexity index is 2580. The summed E-state index contributed by atoms with van der Waals surface area (Å²) in [6.45, 7) is 2.18. The normalized spacial score (nSPS) is 11.4. The molecule has 0 N–H and O–H groups in total. The van der Waals surface area contributed by atoms with Gasteiger partial charge in [-0.15, -0.1) is 0 Å². The highest BCUT2D eigenvalue weighted by atomic mass is 15.1. The summed E-state index contributed by atoms with van der Waals surface area (Å²) in [5, 5.41) is 5.07. The van der Waals surface area contributed by atoms with Gasteiger partial charge in [-0.1, -0.05) is 151 Å². The predicted octanol–water partition coefficient (Wildman–Crippen LogP) is 12.3. The number of fused-ring (bicyclic) bond motifs is 3. The molecule has 9 aromatic rings. The SMILES string of the molecule is Cc1ccc2c(-c3ccccc3)c3cc(-c4ccc(-n5c(-c6ccccc6)nc6ccccc65)cc4)ccc3c(-c3ccccc3)c2c1. The number of aromatic nitrogens is 2. The van der Waals surface area contributed by atoms with Crippen LogP contribution in [0, 0.1) is 6.92 Å². The van der Waals surface area contributed by atoms with Crippen LogP contribution in [0.1, 0.15) is 5.56 Å². The molecule has 0 unspecified atom stereocenters. The molecule has 0 aliphatic carbocycles. The van der Waals surface area contributed by atoms with Crippen LogP contribution in [-0.4, -0.2) is 9.55 Å². The van der Waals surface area contributed by atoms with Gasteiger partial charge in [0.25, 0.3) is 0 Å². The average Bonchev–Trinajstić information content (AvgIpc) is 3.54. The molecule has 0 fully saturated rings. The summed E-state index contributed by atoms with van der Waals surface area (Å²) >= 11 is 0. The van der Waals surface area contributed by atoms with Crippen molar-refractivity contribution >= 4 is 32.6 Å². The Morgan fingerprint density at radius 2 is 0.917 bits per heavy atom. The number of para-hydroxylation sites is 2. The minimum Gasteiger partial charge on any atom is -0.292 e. The highest BCUT2D eigenvalue weighted by molar-refractivity contribution is 6.22. The molecule has 1 heterocycles.